The van der Waals surface area contributed by atoms with Gasteiger partial charge in [0.2, 0.25) is 0 Å². The number of nitrogens with zero attached hydrogens (tertiary/aromatic N) is 2. The van der Waals surface area contributed by atoms with Crippen LogP contribution in [0.4, 0.5) is 0 Å². The highest BCUT2D eigenvalue weighted by molar-refractivity contribution is 7.15. The third-order valence-electron chi connectivity index (χ3n) is 3.13. The van der Waals surface area contributed by atoms with E-state index < -0.39 is 0 Å². The fourth-order valence-electron chi connectivity index (χ4n) is 2.01. The molecule has 0 aliphatic heterocycles. The van der Waals surface area contributed by atoms with Gasteiger partial charge < -0.3 is 5.73 Å². The van der Waals surface area contributed by atoms with Gasteiger partial charge in [-0.1, -0.05) is 0 Å². The molecule has 0 amide bonds. The van der Waals surface area contributed by atoms with Crippen molar-refractivity contribution in [2.24, 2.45) is 5.73 Å². The Morgan fingerprint density at radius 1 is 1.47 bits per heavy atom. The monoisotopic (exact) mass is 245 g/mol. The van der Waals surface area contributed by atoms with Gasteiger partial charge in [0.15, 0.2) is 0 Å². The van der Waals surface area contributed by atoms with Crippen LogP contribution in [0.2, 0.25) is 0 Å². The minimum Gasteiger partial charge on any atom is -0.326 e. The first-order valence-corrected chi connectivity index (χ1v) is 6.72. The molecule has 3 rings (SSSR count). The fourth-order valence-corrected chi connectivity index (χ4v) is 3.13. The Morgan fingerprint density at radius 3 is 2.94 bits per heavy atom. The number of thiazole rings is 1. The smallest absolute Gasteiger partial charge is 0.124 e. The molecule has 17 heavy (non-hydrogen) atoms. The summed E-state index contributed by atoms with van der Waals surface area (Å²) in [6.45, 7) is 2.68. The van der Waals surface area contributed by atoms with Crippen LogP contribution in [-0.4, -0.2) is 9.97 Å². The lowest BCUT2D eigenvalue weighted by atomic mass is 10.2. The first kappa shape index (κ1) is 10.9. The Bertz CT molecular complexity index is 543. The molecule has 0 spiro atoms. The lowest BCUT2D eigenvalue weighted by molar-refractivity contribution is 0.979. The number of aryl methyl sites for hydroxylation is 1. The van der Waals surface area contributed by atoms with Crippen molar-refractivity contribution < 1.29 is 0 Å². The fraction of sp³-hybridized carbons (Fsp3) is 0.385. The first-order chi connectivity index (χ1) is 8.29. The largest absolute Gasteiger partial charge is 0.326 e. The second-order valence-corrected chi connectivity index (χ2v) is 5.58. The molecule has 0 radical (unpaired) electrons. The number of rotatable bonds is 3. The lowest BCUT2D eigenvalue weighted by Gasteiger charge is -1.99. The molecule has 4 heteroatoms. The maximum Gasteiger partial charge on any atom is 0.124 e. The molecule has 2 N–H and O–H groups in total. The molecule has 0 atom stereocenters. The second kappa shape index (κ2) is 4.20. The van der Waals surface area contributed by atoms with Gasteiger partial charge in [-0.3, -0.25) is 4.98 Å². The standard InChI is InChI=1S/C13H15N3S/c1-8-7-15-5-4-10(8)13-16-12(9-2-3-9)11(6-14)17-13/h4-5,7,9H,2-3,6,14H2,1H3. The minimum atomic E-state index is 0.605. The van der Waals surface area contributed by atoms with E-state index in [0.717, 1.165) is 5.01 Å². The van der Waals surface area contributed by atoms with E-state index in [4.69, 9.17) is 10.7 Å². The molecule has 0 aromatic carbocycles. The summed E-state index contributed by atoms with van der Waals surface area (Å²) in [5, 5.41) is 1.09. The van der Waals surface area contributed by atoms with Crippen molar-refractivity contribution in [3.05, 3.63) is 34.6 Å². The molecule has 2 heterocycles. The molecule has 2 aromatic heterocycles. The Labute approximate surface area is 105 Å². The zero-order chi connectivity index (χ0) is 11.8. The molecular formula is C13H15N3S. The average Bonchev–Trinajstić information content (AvgIpc) is 3.10. The predicted molar refractivity (Wildman–Crippen MR) is 69.9 cm³/mol. The summed E-state index contributed by atoms with van der Waals surface area (Å²) in [6.07, 6.45) is 6.25. The molecule has 88 valence electrons. The number of hydrogen-bond donors (Lipinski definition) is 1. The van der Waals surface area contributed by atoms with Crippen molar-refractivity contribution in [3.63, 3.8) is 0 Å². The summed E-state index contributed by atoms with van der Waals surface area (Å²) in [5.74, 6) is 0.667. The molecule has 1 saturated carbocycles. The zero-order valence-corrected chi connectivity index (χ0v) is 10.6. The summed E-state index contributed by atoms with van der Waals surface area (Å²) in [7, 11) is 0. The molecule has 0 unspecified atom stereocenters. The highest BCUT2D eigenvalue weighted by Gasteiger charge is 2.29. The summed E-state index contributed by atoms with van der Waals surface area (Å²) in [4.78, 5) is 10.2. The number of hydrogen-bond acceptors (Lipinski definition) is 4. The average molecular weight is 245 g/mol. The normalized spacial score (nSPS) is 15.2. The van der Waals surface area contributed by atoms with Gasteiger partial charge in [-0.15, -0.1) is 11.3 Å². The Kier molecular flexibility index (Phi) is 2.68. The Hall–Kier alpha value is -1.26. The molecule has 0 saturated heterocycles. The van der Waals surface area contributed by atoms with Crippen LogP contribution in [0.25, 0.3) is 10.6 Å². The highest BCUT2D eigenvalue weighted by atomic mass is 32.1. The third kappa shape index (κ3) is 1.98. The van der Waals surface area contributed by atoms with Crippen LogP contribution in [0, 0.1) is 6.92 Å². The van der Waals surface area contributed by atoms with Gasteiger partial charge >= 0.3 is 0 Å². The van der Waals surface area contributed by atoms with E-state index in [-0.39, 0.29) is 0 Å². The quantitative estimate of drug-likeness (QED) is 0.904. The van der Waals surface area contributed by atoms with Gasteiger partial charge in [-0.2, -0.15) is 0 Å². The van der Waals surface area contributed by atoms with E-state index >= 15 is 0 Å². The van der Waals surface area contributed by atoms with Crippen molar-refractivity contribution in [1.29, 1.82) is 0 Å². The summed E-state index contributed by atoms with van der Waals surface area (Å²) in [6, 6.07) is 2.03. The number of aromatic nitrogens is 2. The van der Waals surface area contributed by atoms with Crippen molar-refractivity contribution in [1.82, 2.24) is 9.97 Å². The SMILES string of the molecule is Cc1cnccc1-c1nc(C2CC2)c(CN)s1. The number of nitrogens with two attached hydrogens (primary N) is 1. The van der Waals surface area contributed by atoms with Crippen molar-refractivity contribution >= 4 is 11.3 Å². The molecular weight excluding hydrogens is 230 g/mol. The van der Waals surface area contributed by atoms with Crippen LogP contribution in [0.1, 0.15) is 34.9 Å². The van der Waals surface area contributed by atoms with Crippen LogP contribution in [0.15, 0.2) is 18.5 Å². The maximum atomic E-state index is 5.80. The van der Waals surface area contributed by atoms with E-state index in [1.54, 1.807) is 11.3 Å². The van der Waals surface area contributed by atoms with Gasteiger partial charge in [-0.05, 0) is 31.4 Å². The third-order valence-corrected chi connectivity index (χ3v) is 4.25. The van der Waals surface area contributed by atoms with Crippen molar-refractivity contribution in [2.45, 2.75) is 32.2 Å². The molecule has 2 aromatic rings. The minimum absolute atomic E-state index is 0.605. The van der Waals surface area contributed by atoms with Gasteiger partial charge in [-0.25, -0.2) is 4.98 Å². The molecule has 1 aliphatic carbocycles. The zero-order valence-electron chi connectivity index (χ0n) is 9.81. The summed E-state index contributed by atoms with van der Waals surface area (Å²) < 4.78 is 0. The molecule has 1 fully saturated rings. The Balaban J connectivity index is 2.06. The van der Waals surface area contributed by atoms with Crippen LogP contribution in [0.5, 0.6) is 0 Å². The number of pyridine rings is 1. The van der Waals surface area contributed by atoms with E-state index in [9.17, 15) is 0 Å². The van der Waals surface area contributed by atoms with E-state index in [1.807, 2.05) is 18.5 Å². The van der Waals surface area contributed by atoms with Crippen LogP contribution in [-0.2, 0) is 6.54 Å². The van der Waals surface area contributed by atoms with Gasteiger partial charge in [0.05, 0.1) is 5.69 Å². The van der Waals surface area contributed by atoms with Crippen molar-refractivity contribution in [3.8, 4) is 10.6 Å². The highest BCUT2D eigenvalue weighted by Crippen LogP contribution is 2.44. The van der Waals surface area contributed by atoms with E-state index in [1.165, 1.54) is 34.5 Å². The van der Waals surface area contributed by atoms with Gasteiger partial charge in [0, 0.05) is 35.3 Å². The molecule has 0 bridgehead atoms. The van der Waals surface area contributed by atoms with Crippen LogP contribution < -0.4 is 5.73 Å². The maximum absolute atomic E-state index is 5.80. The summed E-state index contributed by atoms with van der Waals surface area (Å²) >= 11 is 1.73. The van der Waals surface area contributed by atoms with Gasteiger partial charge in [0.25, 0.3) is 0 Å². The van der Waals surface area contributed by atoms with Crippen LogP contribution in [0.3, 0.4) is 0 Å². The van der Waals surface area contributed by atoms with E-state index in [0.29, 0.717) is 12.5 Å². The van der Waals surface area contributed by atoms with E-state index in [2.05, 4.69) is 11.9 Å². The second-order valence-electron chi connectivity index (χ2n) is 4.50. The van der Waals surface area contributed by atoms with Crippen molar-refractivity contribution in [2.75, 3.05) is 0 Å². The topological polar surface area (TPSA) is 51.8 Å². The molecule has 1 aliphatic rings. The first-order valence-electron chi connectivity index (χ1n) is 5.90. The predicted octanol–water partition coefficient (Wildman–Crippen LogP) is 2.85. The Morgan fingerprint density at radius 2 is 2.29 bits per heavy atom. The van der Waals surface area contributed by atoms with Crippen LogP contribution >= 0.6 is 11.3 Å². The summed E-state index contributed by atoms with van der Waals surface area (Å²) in [5.41, 5.74) is 9.40. The van der Waals surface area contributed by atoms with Gasteiger partial charge in [0.1, 0.15) is 5.01 Å². The lowest BCUT2D eigenvalue weighted by Crippen LogP contribution is -1.96. The molecule has 3 nitrogen and oxygen atoms in total.